The maximum atomic E-state index is 13.2. The summed E-state index contributed by atoms with van der Waals surface area (Å²) >= 11 is 14.2. The van der Waals surface area contributed by atoms with E-state index in [1.54, 1.807) is 36.0 Å². The lowest BCUT2D eigenvalue weighted by Crippen LogP contribution is -2.55. The summed E-state index contributed by atoms with van der Waals surface area (Å²) in [5.41, 5.74) is 2.54. The van der Waals surface area contributed by atoms with Crippen LogP contribution in [0.2, 0.25) is 10.0 Å². The van der Waals surface area contributed by atoms with Gasteiger partial charge in [0.05, 0.1) is 15.7 Å². The van der Waals surface area contributed by atoms with Crippen LogP contribution in [0.15, 0.2) is 71.9 Å². The molecule has 234 valence electrons. The number of thioether (sulfide) groups is 1. The monoisotopic (exact) mass is 665 g/mol. The number of nitrogens with zero attached hydrogens (tertiary/aromatic N) is 5. The molecular formula is C33H33Cl2N5O4S. The number of carbonyl (C=O) groups is 2. The van der Waals surface area contributed by atoms with E-state index >= 15 is 0 Å². The van der Waals surface area contributed by atoms with Crippen molar-refractivity contribution in [2.24, 2.45) is 0 Å². The van der Waals surface area contributed by atoms with E-state index in [9.17, 15) is 9.59 Å². The molecule has 0 N–H and O–H groups in total. The molecule has 0 aliphatic carbocycles. The Balaban J connectivity index is 1.00. The number of unbranched alkanes of at least 4 members (excludes halogenated alkanes) is 1. The van der Waals surface area contributed by atoms with Gasteiger partial charge in [0.2, 0.25) is 12.7 Å². The smallest absolute Gasteiger partial charge is 0.254 e. The first kappa shape index (κ1) is 31.3. The lowest BCUT2D eigenvalue weighted by Gasteiger charge is -2.40. The van der Waals surface area contributed by atoms with Crippen LogP contribution < -0.4 is 9.47 Å². The maximum Gasteiger partial charge on any atom is 0.254 e. The van der Waals surface area contributed by atoms with Crippen LogP contribution in [0.4, 0.5) is 0 Å². The van der Waals surface area contributed by atoms with Gasteiger partial charge in [-0.15, -0.1) is 10.2 Å². The van der Waals surface area contributed by atoms with Crippen molar-refractivity contribution < 1.29 is 19.1 Å². The average Bonchev–Trinajstić information content (AvgIpc) is 3.69. The molecule has 4 aromatic rings. The van der Waals surface area contributed by atoms with Crippen LogP contribution in [-0.4, -0.2) is 74.6 Å². The number of amides is 2. The Hall–Kier alpha value is -3.73. The van der Waals surface area contributed by atoms with Gasteiger partial charge in [0, 0.05) is 49.8 Å². The van der Waals surface area contributed by atoms with E-state index < -0.39 is 0 Å². The molecule has 0 radical (unpaired) electrons. The van der Waals surface area contributed by atoms with E-state index in [2.05, 4.69) is 22.3 Å². The van der Waals surface area contributed by atoms with Crippen LogP contribution in [0, 0.1) is 0 Å². The molecule has 0 saturated carbocycles. The number of aromatic nitrogens is 3. The minimum absolute atomic E-state index is 0.0643. The Labute approximate surface area is 276 Å². The number of hydrogen-bond acceptors (Lipinski definition) is 7. The molecule has 3 aromatic carbocycles. The van der Waals surface area contributed by atoms with E-state index in [4.69, 9.17) is 32.7 Å². The topological polar surface area (TPSA) is 89.8 Å². The Bertz CT molecular complexity index is 1690. The molecule has 1 saturated heterocycles. The molecule has 1 fully saturated rings. The predicted octanol–water partition coefficient (Wildman–Crippen LogP) is 6.53. The van der Waals surface area contributed by atoms with Gasteiger partial charge in [-0.1, -0.05) is 65.3 Å². The van der Waals surface area contributed by atoms with Gasteiger partial charge in [-0.2, -0.15) is 0 Å². The average molecular weight is 667 g/mol. The van der Waals surface area contributed by atoms with Crippen LogP contribution in [0.3, 0.4) is 0 Å². The number of piperazine rings is 1. The first-order valence-corrected chi connectivity index (χ1v) is 16.7. The van der Waals surface area contributed by atoms with Crippen molar-refractivity contribution in [1.82, 2.24) is 24.6 Å². The van der Waals surface area contributed by atoms with E-state index in [0.29, 0.717) is 59.6 Å². The highest BCUT2D eigenvalue weighted by atomic mass is 35.5. The third kappa shape index (κ3) is 7.24. The highest BCUT2D eigenvalue weighted by Crippen LogP contribution is 2.33. The molecular weight excluding hydrogens is 633 g/mol. The molecule has 1 unspecified atom stereocenters. The fraction of sp³-hybridized carbons (Fsp3) is 0.333. The fourth-order valence-corrected chi connectivity index (χ4v) is 6.81. The Morgan fingerprint density at radius 1 is 0.933 bits per heavy atom. The van der Waals surface area contributed by atoms with Gasteiger partial charge in [-0.05, 0) is 61.7 Å². The number of fused-ring (bicyclic) bond motifs is 1. The van der Waals surface area contributed by atoms with Crippen LogP contribution in [0.1, 0.15) is 47.9 Å². The molecule has 2 amide bonds. The third-order valence-electron chi connectivity index (χ3n) is 7.94. The zero-order valence-electron chi connectivity index (χ0n) is 24.8. The number of carbonyl (C=O) groups excluding carboxylic acids is 2. The summed E-state index contributed by atoms with van der Waals surface area (Å²) in [7, 11) is 0. The number of hydrogen-bond donors (Lipinski definition) is 0. The Morgan fingerprint density at radius 2 is 1.76 bits per heavy atom. The Morgan fingerprint density at radius 3 is 2.56 bits per heavy atom. The second-order valence-electron chi connectivity index (χ2n) is 11.1. The highest BCUT2D eigenvalue weighted by Gasteiger charge is 2.31. The van der Waals surface area contributed by atoms with E-state index in [1.807, 2.05) is 51.6 Å². The van der Waals surface area contributed by atoms with E-state index in [-0.39, 0.29) is 24.6 Å². The van der Waals surface area contributed by atoms with Crippen molar-refractivity contribution in [3.8, 4) is 17.2 Å². The number of ether oxygens (including phenoxy) is 2. The molecule has 2 aliphatic heterocycles. The lowest BCUT2D eigenvalue weighted by atomic mass is 10.1. The van der Waals surface area contributed by atoms with Crippen molar-refractivity contribution in [1.29, 1.82) is 0 Å². The molecule has 9 nitrogen and oxygen atoms in total. The predicted molar refractivity (Wildman–Crippen MR) is 175 cm³/mol. The second kappa shape index (κ2) is 14.1. The molecule has 1 atom stereocenters. The summed E-state index contributed by atoms with van der Waals surface area (Å²) in [6.45, 7) is 3.67. The van der Waals surface area contributed by atoms with E-state index in [0.717, 1.165) is 40.8 Å². The van der Waals surface area contributed by atoms with Gasteiger partial charge in [0.1, 0.15) is 5.82 Å². The summed E-state index contributed by atoms with van der Waals surface area (Å²) in [5, 5.41) is 10.7. The number of rotatable bonds is 10. The van der Waals surface area contributed by atoms with Crippen molar-refractivity contribution in [2.75, 3.05) is 32.2 Å². The quantitative estimate of drug-likeness (QED) is 0.141. The molecule has 12 heteroatoms. The van der Waals surface area contributed by atoms with Crippen molar-refractivity contribution in [2.45, 2.75) is 43.8 Å². The van der Waals surface area contributed by atoms with Crippen LogP contribution >= 0.6 is 35.0 Å². The Kier molecular flexibility index (Phi) is 9.82. The highest BCUT2D eigenvalue weighted by molar-refractivity contribution is 7.99. The molecule has 1 aromatic heterocycles. The van der Waals surface area contributed by atoms with Crippen molar-refractivity contribution in [3.63, 3.8) is 0 Å². The van der Waals surface area contributed by atoms with Crippen LogP contribution in [0.5, 0.6) is 11.5 Å². The van der Waals surface area contributed by atoms with Crippen molar-refractivity contribution in [3.05, 3.63) is 93.7 Å². The summed E-state index contributed by atoms with van der Waals surface area (Å²) in [5.74, 6) is 2.88. The molecule has 0 spiro atoms. The summed E-state index contributed by atoms with van der Waals surface area (Å²) in [6, 6.07) is 20.8. The maximum absolute atomic E-state index is 13.2. The standard InChI is InChI=1S/C33H33Cl2N5O4S/c1-22-20-38(14-15-39(22)32(42)24-10-13-28-29(18-24)44-21-43-28)31(41)9-5-6-16-45-33-37-36-30(17-23-7-3-2-4-8-23)40(33)25-11-12-26(34)27(35)19-25/h2-4,7-8,10-13,18-19,22H,5-6,9,14-17,20-21H2,1H3. The minimum atomic E-state index is -0.0889. The molecule has 45 heavy (non-hydrogen) atoms. The minimum Gasteiger partial charge on any atom is -0.454 e. The van der Waals surface area contributed by atoms with Gasteiger partial charge in [-0.3, -0.25) is 14.2 Å². The normalized spacial score (nSPS) is 15.8. The van der Waals surface area contributed by atoms with Gasteiger partial charge in [0.15, 0.2) is 16.7 Å². The molecule has 2 aliphatic rings. The summed E-state index contributed by atoms with van der Waals surface area (Å²) in [6.07, 6.45) is 2.68. The molecule has 0 bridgehead atoms. The zero-order chi connectivity index (χ0) is 31.3. The number of benzene rings is 3. The van der Waals surface area contributed by atoms with E-state index in [1.165, 1.54) is 0 Å². The van der Waals surface area contributed by atoms with Crippen LogP contribution in [0.25, 0.3) is 5.69 Å². The van der Waals surface area contributed by atoms with Crippen molar-refractivity contribution >= 4 is 46.8 Å². The van der Waals surface area contributed by atoms with Crippen LogP contribution in [-0.2, 0) is 11.2 Å². The summed E-state index contributed by atoms with van der Waals surface area (Å²) in [4.78, 5) is 29.9. The second-order valence-corrected chi connectivity index (χ2v) is 12.9. The SMILES string of the molecule is CC1CN(C(=O)CCCCSc2nnc(Cc3ccccc3)n2-c2ccc(Cl)c(Cl)c2)CCN1C(=O)c1ccc2c(c1)OCO2. The molecule has 3 heterocycles. The van der Waals surface area contributed by atoms with Gasteiger partial charge >= 0.3 is 0 Å². The largest absolute Gasteiger partial charge is 0.454 e. The van der Waals surface area contributed by atoms with Gasteiger partial charge in [-0.25, -0.2) is 0 Å². The molecule has 6 rings (SSSR count). The fourth-order valence-electron chi connectivity index (χ4n) is 5.55. The van der Waals surface area contributed by atoms with Gasteiger partial charge in [0.25, 0.3) is 5.91 Å². The first-order chi connectivity index (χ1) is 21.9. The first-order valence-electron chi connectivity index (χ1n) is 14.9. The third-order valence-corrected chi connectivity index (χ3v) is 9.70. The number of halogens is 2. The van der Waals surface area contributed by atoms with Gasteiger partial charge < -0.3 is 19.3 Å². The summed E-state index contributed by atoms with van der Waals surface area (Å²) < 4.78 is 12.8. The zero-order valence-corrected chi connectivity index (χ0v) is 27.2. The lowest BCUT2D eigenvalue weighted by molar-refractivity contribution is -0.133.